The summed E-state index contributed by atoms with van der Waals surface area (Å²) < 4.78 is 0. The highest BCUT2D eigenvalue weighted by Gasteiger charge is 2.58. The number of nitrogens with zero attached hydrogens (tertiary/aromatic N) is 2. The highest BCUT2D eigenvalue weighted by molar-refractivity contribution is 7.19. The molecule has 4 aliphatic rings. The zero-order valence-electron chi connectivity index (χ0n) is 25.4. The van der Waals surface area contributed by atoms with Gasteiger partial charge >= 0.3 is 0 Å². The summed E-state index contributed by atoms with van der Waals surface area (Å²) in [6, 6.07) is 18.3. The Morgan fingerprint density at radius 3 is 1.62 bits per heavy atom. The summed E-state index contributed by atoms with van der Waals surface area (Å²) in [5, 5.41) is 2.84. The molecule has 212 valence electrons. The lowest BCUT2D eigenvalue weighted by Gasteiger charge is -2.62. The average Bonchev–Trinajstić information content (AvgIpc) is 2.92. The predicted octanol–water partition coefficient (Wildman–Crippen LogP) is 7.30. The normalized spacial score (nSPS) is 28.2. The first kappa shape index (κ1) is 28.9. The van der Waals surface area contributed by atoms with E-state index >= 15 is 0 Å². The van der Waals surface area contributed by atoms with E-state index in [1.54, 1.807) is 15.9 Å². The molecule has 0 spiro atoms. The molecule has 2 atom stereocenters. The average molecular weight is 603 g/mol. The van der Waals surface area contributed by atoms with Gasteiger partial charge in [0.05, 0.1) is 32.7 Å². The van der Waals surface area contributed by atoms with Gasteiger partial charge < -0.3 is 0 Å². The van der Waals surface area contributed by atoms with Gasteiger partial charge in [0.2, 0.25) is 0 Å². The van der Waals surface area contributed by atoms with Gasteiger partial charge in [-0.25, -0.2) is 0 Å². The minimum atomic E-state index is -1.66. The third-order valence-electron chi connectivity index (χ3n) is 10.8. The predicted molar refractivity (Wildman–Crippen MR) is 184 cm³/mol. The topological polar surface area (TPSA) is 25.8 Å². The van der Waals surface area contributed by atoms with Crippen molar-refractivity contribution in [3.63, 3.8) is 0 Å². The zero-order chi connectivity index (χ0) is 28.5. The fraction of sp³-hybridized carbons (Fsp3) is 0.529. The highest BCUT2D eigenvalue weighted by Crippen LogP contribution is 2.65. The van der Waals surface area contributed by atoms with Crippen molar-refractivity contribution in [3.05, 3.63) is 83.4 Å². The largest absolute Gasteiger partial charge is 0.260 e. The molecule has 40 heavy (non-hydrogen) atoms. The van der Waals surface area contributed by atoms with E-state index in [1.807, 2.05) is 24.5 Å². The summed E-state index contributed by atoms with van der Waals surface area (Å²) in [6.07, 6.45) is 12.2. The highest BCUT2D eigenvalue weighted by atomic mass is 31.0. The molecule has 4 bridgehead atoms. The van der Waals surface area contributed by atoms with Crippen LogP contribution in [0, 0.1) is 23.7 Å². The number of hydrogen-bond donors (Lipinski definition) is 0. The Morgan fingerprint density at radius 2 is 1.23 bits per heavy atom. The van der Waals surface area contributed by atoms with Crippen molar-refractivity contribution in [2.24, 2.45) is 23.7 Å². The Balaban J connectivity index is 1.73. The van der Waals surface area contributed by atoms with Gasteiger partial charge in [-0.2, -0.15) is 0 Å². The lowest BCUT2D eigenvalue weighted by atomic mass is 9.44. The van der Waals surface area contributed by atoms with Crippen LogP contribution in [0.5, 0.6) is 0 Å². The van der Waals surface area contributed by atoms with Gasteiger partial charge in [0.1, 0.15) is 0 Å². The molecule has 4 aliphatic carbocycles. The van der Waals surface area contributed by atoms with Gasteiger partial charge in [-0.15, -0.1) is 18.5 Å². The second-order valence-electron chi connectivity index (χ2n) is 15.2. The van der Waals surface area contributed by atoms with E-state index in [0.29, 0.717) is 0 Å². The summed E-state index contributed by atoms with van der Waals surface area (Å²) in [5.74, 6) is 3.43. The van der Waals surface area contributed by atoms with Crippen molar-refractivity contribution < 1.29 is 0 Å². The van der Waals surface area contributed by atoms with Crippen molar-refractivity contribution in [2.45, 2.75) is 82.0 Å². The summed E-state index contributed by atoms with van der Waals surface area (Å²) in [7, 11) is 3.32. The van der Waals surface area contributed by atoms with E-state index < -0.39 is 21.3 Å². The van der Waals surface area contributed by atoms with Crippen LogP contribution in [-0.2, 0) is 10.6 Å². The molecule has 3 aromatic rings. The molecule has 7 rings (SSSR count). The first-order chi connectivity index (χ1) is 18.9. The van der Waals surface area contributed by atoms with E-state index in [4.69, 9.17) is 9.97 Å². The van der Waals surface area contributed by atoms with Crippen LogP contribution in [-0.4, -0.2) is 32.3 Å². The number of hydrogen-bond acceptors (Lipinski definition) is 2. The number of rotatable bonds is 7. The minimum absolute atomic E-state index is 0.200. The van der Waals surface area contributed by atoms with Gasteiger partial charge in [0.15, 0.2) is 0 Å². The smallest absolute Gasteiger partial charge is 0.0935 e. The Hall–Kier alpha value is -1.19. The molecule has 2 heterocycles. The molecular weight excluding hydrogens is 555 g/mol. The van der Waals surface area contributed by atoms with Crippen LogP contribution in [0.3, 0.4) is 0 Å². The van der Waals surface area contributed by atoms with Gasteiger partial charge in [-0.1, -0.05) is 73.9 Å². The molecule has 4 saturated carbocycles. The molecule has 1 aromatic carbocycles. The summed E-state index contributed by atoms with van der Waals surface area (Å²) in [5.41, 5.74) is 5.42. The zero-order valence-corrected chi connectivity index (χ0v) is 29.7. The van der Waals surface area contributed by atoms with Crippen LogP contribution in [0.2, 0.25) is 39.3 Å². The monoisotopic (exact) mass is 602 g/mol. The summed E-state index contributed by atoms with van der Waals surface area (Å²) in [4.78, 5) is 10.1. The molecule has 2 unspecified atom stereocenters. The van der Waals surface area contributed by atoms with E-state index in [1.165, 1.54) is 37.7 Å². The molecule has 2 aromatic heterocycles. The molecule has 0 radical (unpaired) electrons. The molecule has 6 heteroatoms. The van der Waals surface area contributed by atoms with Crippen LogP contribution in [0.25, 0.3) is 0 Å². The molecule has 0 saturated heterocycles. The van der Waals surface area contributed by atoms with Crippen molar-refractivity contribution in [1.82, 2.24) is 9.97 Å². The van der Waals surface area contributed by atoms with E-state index in [9.17, 15) is 0 Å². The Kier molecular flexibility index (Phi) is 7.39. The van der Waals surface area contributed by atoms with Crippen molar-refractivity contribution in [2.75, 3.05) is 6.16 Å². The molecule has 0 amide bonds. The molecule has 0 N–H and O–H groups in total. The maximum Gasteiger partial charge on any atom is 0.0935 e. The Bertz CT molecular complexity index is 1310. The quantitative estimate of drug-likeness (QED) is 0.210. The van der Waals surface area contributed by atoms with Crippen molar-refractivity contribution in [1.29, 1.82) is 0 Å². The third-order valence-corrected chi connectivity index (χ3v) is 16.7. The first-order valence-corrected chi connectivity index (χ1v) is 23.8. The lowest BCUT2D eigenvalue weighted by molar-refractivity contribution is -0.0504. The standard InChI is InChI=1S/C34H48N2P2Si2/c1-39(2,3)29-20-27(33(22-37)25-16-23-15-24(18-25)19-26(33)17-23)28(21-30(29)40(4,5)6)34(38,31-11-7-9-13-35-31)32-12-8-10-14-36-32/h7-14,20-21,23-26H,15-19,22,37-38H2,1-6H3. The third kappa shape index (κ3) is 4.56. The van der Waals surface area contributed by atoms with Gasteiger partial charge in [0, 0.05) is 17.8 Å². The van der Waals surface area contributed by atoms with Crippen molar-refractivity contribution in [3.8, 4) is 0 Å². The molecule has 2 nitrogen and oxygen atoms in total. The van der Waals surface area contributed by atoms with Crippen LogP contribution in [0.1, 0.15) is 54.6 Å². The maximum absolute atomic E-state index is 5.05. The maximum atomic E-state index is 5.05. The van der Waals surface area contributed by atoms with Crippen LogP contribution in [0.4, 0.5) is 0 Å². The number of benzene rings is 1. The van der Waals surface area contributed by atoms with Crippen molar-refractivity contribution >= 4 is 45.0 Å². The lowest BCUT2D eigenvalue weighted by Crippen LogP contribution is -2.60. The summed E-state index contributed by atoms with van der Waals surface area (Å²) >= 11 is 0. The van der Waals surface area contributed by atoms with Gasteiger partial charge in [-0.05, 0) is 97.3 Å². The van der Waals surface area contributed by atoms with Crippen LogP contribution >= 0.6 is 18.5 Å². The Labute approximate surface area is 249 Å². The van der Waals surface area contributed by atoms with E-state index in [-0.39, 0.29) is 5.41 Å². The fourth-order valence-electron chi connectivity index (χ4n) is 9.06. The second kappa shape index (κ2) is 10.2. The number of aromatic nitrogens is 2. The fourth-order valence-corrected chi connectivity index (χ4v) is 15.7. The molecular formula is C34H48N2P2Si2. The van der Waals surface area contributed by atoms with E-state index in [2.05, 4.69) is 94.2 Å². The minimum Gasteiger partial charge on any atom is -0.260 e. The Morgan fingerprint density at radius 1 is 0.750 bits per heavy atom. The number of pyridine rings is 2. The van der Waals surface area contributed by atoms with Gasteiger partial charge in [-0.3, -0.25) is 9.97 Å². The van der Waals surface area contributed by atoms with E-state index in [0.717, 1.165) is 41.2 Å². The van der Waals surface area contributed by atoms with Gasteiger partial charge in [0.25, 0.3) is 0 Å². The second-order valence-corrected chi connectivity index (χ2v) is 26.6. The molecule has 4 fully saturated rings. The van der Waals surface area contributed by atoms with Crippen LogP contribution in [0.15, 0.2) is 60.9 Å². The first-order valence-electron chi connectivity index (χ1n) is 15.4. The molecule has 0 aliphatic heterocycles. The summed E-state index contributed by atoms with van der Waals surface area (Å²) in [6.45, 7) is 15.3. The van der Waals surface area contributed by atoms with Crippen LogP contribution < -0.4 is 10.4 Å². The SMILES string of the molecule is C[Si](C)(C)c1cc(C(P)(c2ccccn2)c2ccccn2)c(C2(CP)C3CC4CC(C3)CC2C4)cc1[Si](C)(C)C.